The third kappa shape index (κ3) is 2.97. The van der Waals surface area contributed by atoms with Gasteiger partial charge in [0.25, 0.3) is 0 Å². The first-order valence-electron chi connectivity index (χ1n) is 6.95. The Morgan fingerprint density at radius 1 is 1.24 bits per heavy atom. The summed E-state index contributed by atoms with van der Waals surface area (Å²) in [5, 5.41) is 0. The lowest BCUT2D eigenvalue weighted by Crippen LogP contribution is -2.33. The number of carbonyl (C=O) groups is 1. The van der Waals surface area contributed by atoms with Crippen LogP contribution >= 0.6 is 0 Å². The van der Waals surface area contributed by atoms with E-state index in [1.807, 2.05) is 19.9 Å². The minimum absolute atomic E-state index is 0.0854. The molecule has 6 heteroatoms. The van der Waals surface area contributed by atoms with Crippen LogP contribution < -0.4 is 0 Å². The molecule has 2 heterocycles. The molecule has 0 aliphatic carbocycles. The average Bonchev–Trinajstić information content (AvgIpc) is 2.92. The molecule has 0 spiro atoms. The quantitative estimate of drug-likeness (QED) is 0.619. The molecule has 0 amide bonds. The van der Waals surface area contributed by atoms with E-state index >= 15 is 0 Å². The zero-order valence-corrected chi connectivity index (χ0v) is 12.0. The molecule has 1 aromatic rings. The topological polar surface area (TPSA) is 54.0 Å². The Balaban J connectivity index is 1.60. The molecule has 3 rings (SSSR count). The summed E-state index contributed by atoms with van der Waals surface area (Å²) in [6.07, 6.45) is -1.07. The van der Waals surface area contributed by atoms with Crippen LogP contribution in [0.5, 0.6) is 0 Å². The fourth-order valence-electron chi connectivity index (χ4n) is 2.67. The Morgan fingerprint density at radius 3 is 2.62 bits per heavy atom. The standard InChI is InChI=1S/C15H17BO5/c1-15(2)20-11-10(19-13(16)12(11)21-15)8-18-14(17)9-6-4-3-5-7-9/h3-7,10-13H,8H2,1-2H3/t10-,11?,12?,13-/m1/s1. The fraction of sp³-hybridized carbons (Fsp3) is 0.533. The van der Waals surface area contributed by atoms with Gasteiger partial charge in [0.15, 0.2) is 5.79 Å². The number of hydrogen-bond acceptors (Lipinski definition) is 5. The molecule has 0 bridgehead atoms. The zero-order chi connectivity index (χ0) is 15.0. The molecule has 0 N–H and O–H groups in total. The van der Waals surface area contributed by atoms with Gasteiger partial charge in [-0.25, -0.2) is 4.79 Å². The van der Waals surface area contributed by atoms with Crippen molar-refractivity contribution < 1.29 is 23.7 Å². The molecule has 0 aromatic heterocycles. The van der Waals surface area contributed by atoms with Crippen molar-refractivity contribution in [1.82, 2.24) is 0 Å². The van der Waals surface area contributed by atoms with Crippen molar-refractivity contribution in [2.24, 2.45) is 0 Å². The highest BCUT2D eigenvalue weighted by Crippen LogP contribution is 2.37. The van der Waals surface area contributed by atoms with Gasteiger partial charge in [0.05, 0.1) is 5.56 Å². The van der Waals surface area contributed by atoms with Crippen molar-refractivity contribution in [2.75, 3.05) is 6.61 Å². The SMILES string of the molecule is [B][C@@H]1O[C@H](COC(=O)c2ccccc2)C2OC(C)(C)OC21. The second-order valence-electron chi connectivity index (χ2n) is 5.67. The number of rotatable bonds is 3. The van der Waals surface area contributed by atoms with Crippen LogP contribution in [-0.4, -0.2) is 50.5 Å². The van der Waals surface area contributed by atoms with Crippen LogP contribution in [0, 0.1) is 0 Å². The molecule has 21 heavy (non-hydrogen) atoms. The summed E-state index contributed by atoms with van der Waals surface area (Å²) >= 11 is 0. The van der Waals surface area contributed by atoms with E-state index in [4.69, 9.17) is 26.8 Å². The summed E-state index contributed by atoms with van der Waals surface area (Å²) in [4.78, 5) is 11.9. The Bertz CT molecular complexity index is 518. The molecular weight excluding hydrogens is 271 g/mol. The number of hydrogen-bond donors (Lipinski definition) is 0. The van der Waals surface area contributed by atoms with E-state index in [1.165, 1.54) is 0 Å². The third-order valence-electron chi connectivity index (χ3n) is 3.57. The van der Waals surface area contributed by atoms with Gasteiger partial charge in [-0.05, 0) is 26.0 Å². The van der Waals surface area contributed by atoms with Crippen LogP contribution in [0.4, 0.5) is 0 Å². The van der Waals surface area contributed by atoms with Crippen molar-refractivity contribution >= 4 is 13.8 Å². The Labute approximate surface area is 124 Å². The van der Waals surface area contributed by atoms with Crippen molar-refractivity contribution in [1.29, 1.82) is 0 Å². The highest BCUT2D eigenvalue weighted by atomic mass is 16.8. The van der Waals surface area contributed by atoms with E-state index in [0.717, 1.165) is 0 Å². The lowest BCUT2D eigenvalue weighted by atomic mass is 9.93. The summed E-state index contributed by atoms with van der Waals surface area (Å²) in [5.41, 5.74) is 0.500. The smallest absolute Gasteiger partial charge is 0.338 e. The lowest BCUT2D eigenvalue weighted by Gasteiger charge is -2.23. The molecule has 2 unspecified atom stereocenters. The largest absolute Gasteiger partial charge is 0.459 e. The summed E-state index contributed by atoms with van der Waals surface area (Å²) in [7, 11) is 5.88. The molecule has 0 saturated carbocycles. The van der Waals surface area contributed by atoms with E-state index in [0.29, 0.717) is 5.56 Å². The van der Waals surface area contributed by atoms with Gasteiger partial charge in [0.1, 0.15) is 32.8 Å². The second-order valence-corrected chi connectivity index (χ2v) is 5.67. The number of ether oxygens (including phenoxy) is 4. The second kappa shape index (κ2) is 5.44. The highest BCUT2D eigenvalue weighted by molar-refractivity contribution is 6.11. The summed E-state index contributed by atoms with van der Waals surface area (Å²) < 4.78 is 22.3. The maximum Gasteiger partial charge on any atom is 0.338 e. The molecule has 2 saturated heterocycles. The van der Waals surface area contributed by atoms with Gasteiger partial charge in [-0.15, -0.1) is 0 Å². The minimum atomic E-state index is -0.696. The van der Waals surface area contributed by atoms with Gasteiger partial charge in [-0.2, -0.15) is 0 Å². The molecule has 2 radical (unpaired) electrons. The van der Waals surface area contributed by atoms with E-state index in [9.17, 15) is 4.79 Å². The van der Waals surface area contributed by atoms with Crippen LogP contribution in [0.1, 0.15) is 24.2 Å². The Kier molecular flexibility index (Phi) is 3.77. The van der Waals surface area contributed by atoms with Crippen molar-refractivity contribution in [3.05, 3.63) is 35.9 Å². The van der Waals surface area contributed by atoms with Crippen LogP contribution in [0.25, 0.3) is 0 Å². The van der Waals surface area contributed by atoms with Gasteiger partial charge < -0.3 is 18.9 Å². The molecular formula is C15H17BO5. The van der Waals surface area contributed by atoms with Crippen molar-refractivity contribution in [3.63, 3.8) is 0 Å². The fourth-order valence-corrected chi connectivity index (χ4v) is 2.67. The average molecular weight is 288 g/mol. The molecule has 4 atom stereocenters. The summed E-state index contributed by atoms with van der Waals surface area (Å²) in [6, 6.07) is 8.23. The summed E-state index contributed by atoms with van der Waals surface area (Å²) in [5.74, 6) is -1.09. The van der Waals surface area contributed by atoms with Crippen LogP contribution in [0.3, 0.4) is 0 Å². The first-order valence-corrected chi connectivity index (χ1v) is 6.95. The minimum Gasteiger partial charge on any atom is -0.459 e. The van der Waals surface area contributed by atoms with Gasteiger partial charge in [0.2, 0.25) is 0 Å². The number of carbonyl (C=O) groups excluding carboxylic acids is 1. The van der Waals surface area contributed by atoms with E-state index in [1.54, 1.807) is 24.3 Å². The van der Waals surface area contributed by atoms with Crippen LogP contribution in [0.2, 0.25) is 0 Å². The highest BCUT2D eigenvalue weighted by Gasteiger charge is 2.53. The predicted octanol–water partition coefficient (Wildman–Crippen LogP) is 1.26. The molecule has 2 fully saturated rings. The van der Waals surface area contributed by atoms with E-state index < -0.39 is 23.9 Å². The first-order chi connectivity index (χ1) is 9.96. The van der Waals surface area contributed by atoms with Gasteiger partial charge >= 0.3 is 5.97 Å². The van der Waals surface area contributed by atoms with E-state index in [-0.39, 0.29) is 18.8 Å². The normalized spacial score (nSPS) is 33.6. The molecule has 2 aliphatic rings. The van der Waals surface area contributed by atoms with E-state index in [2.05, 4.69) is 0 Å². The van der Waals surface area contributed by atoms with Gasteiger partial charge in [-0.1, -0.05) is 18.2 Å². The van der Waals surface area contributed by atoms with Gasteiger partial charge in [-0.3, -0.25) is 0 Å². The molecule has 2 aliphatic heterocycles. The number of benzene rings is 1. The van der Waals surface area contributed by atoms with Crippen molar-refractivity contribution in [3.8, 4) is 0 Å². The Hall–Kier alpha value is -1.37. The number of esters is 1. The zero-order valence-electron chi connectivity index (χ0n) is 12.0. The lowest BCUT2D eigenvalue weighted by molar-refractivity contribution is -0.182. The van der Waals surface area contributed by atoms with Crippen molar-refractivity contribution in [2.45, 2.75) is 43.9 Å². The third-order valence-corrected chi connectivity index (χ3v) is 3.57. The van der Waals surface area contributed by atoms with Crippen LogP contribution in [0.15, 0.2) is 30.3 Å². The molecule has 110 valence electrons. The maximum atomic E-state index is 11.9. The van der Waals surface area contributed by atoms with Crippen LogP contribution in [-0.2, 0) is 18.9 Å². The first kappa shape index (κ1) is 14.6. The molecule has 5 nitrogen and oxygen atoms in total. The Morgan fingerprint density at radius 2 is 1.90 bits per heavy atom. The monoisotopic (exact) mass is 288 g/mol. The predicted molar refractivity (Wildman–Crippen MR) is 75.0 cm³/mol. The van der Waals surface area contributed by atoms with Gasteiger partial charge in [0, 0.05) is 6.00 Å². The summed E-state index contributed by atoms with van der Waals surface area (Å²) in [6.45, 7) is 3.73. The number of fused-ring (bicyclic) bond motifs is 1. The molecule has 1 aromatic carbocycles. The maximum absolute atomic E-state index is 11.9.